The molecule has 20 heavy (non-hydrogen) atoms. The molecule has 0 aromatic heterocycles. The third-order valence-electron chi connectivity index (χ3n) is 2.64. The monoisotopic (exact) mass is 347 g/mol. The Labute approximate surface area is 124 Å². The average Bonchev–Trinajstić information content (AvgIpc) is 2.38. The van der Waals surface area contributed by atoms with Crippen LogP contribution in [0.3, 0.4) is 0 Å². The first-order valence-corrected chi connectivity index (χ1v) is 6.80. The molecule has 0 saturated carbocycles. The number of carboxylic acids is 1. The minimum Gasteiger partial charge on any atom is -0.481 e. The standard InChI is InChI=1S/C13H15BrFNO4/c1-2-8(13(18)19)6-16-12(17)7-20-11-4-3-9(14)5-10(11)15/h3-5,8H,2,6-7H2,1H3,(H,16,17)(H,18,19). The number of aliphatic carboxylic acids is 1. The molecule has 1 amide bonds. The number of rotatable bonds is 7. The van der Waals surface area contributed by atoms with Crippen LogP contribution in [0.2, 0.25) is 0 Å². The molecule has 1 atom stereocenters. The van der Waals surface area contributed by atoms with Crippen LogP contribution in [0.4, 0.5) is 4.39 Å². The minimum absolute atomic E-state index is 0.0246. The second-order valence-corrected chi connectivity index (χ2v) is 5.03. The average molecular weight is 348 g/mol. The van der Waals surface area contributed by atoms with Crippen molar-refractivity contribution >= 4 is 27.8 Å². The van der Waals surface area contributed by atoms with Gasteiger partial charge in [-0.3, -0.25) is 9.59 Å². The predicted molar refractivity (Wildman–Crippen MR) is 74.0 cm³/mol. The van der Waals surface area contributed by atoms with Gasteiger partial charge in [0.05, 0.1) is 5.92 Å². The fraction of sp³-hybridized carbons (Fsp3) is 0.385. The summed E-state index contributed by atoms with van der Waals surface area (Å²) in [5.41, 5.74) is 0. The first kappa shape index (κ1) is 16.4. The highest BCUT2D eigenvalue weighted by Crippen LogP contribution is 2.21. The van der Waals surface area contributed by atoms with Crippen molar-refractivity contribution in [2.75, 3.05) is 13.2 Å². The van der Waals surface area contributed by atoms with Crippen molar-refractivity contribution in [3.05, 3.63) is 28.5 Å². The minimum atomic E-state index is -0.965. The van der Waals surface area contributed by atoms with Gasteiger partial charge in [0.1, 0.15) is 0 Å². The molecule has 1 unspecified atom stereocenters. The SMILES string of the molecule is CCC(CNC(=O)COc1ccc(Br)cc1F)C(=O)O. The van der Waals surface area contributed by atoms with Crippen molar-refractivity contribution < 1.29 is 23.8 Å². The summed E-state index contributed by atoms with van der Waals surface area (Å²) in [5.74, 6) is -2.71. The van der Waals surface area contributed by atoms with Gasteiger partial charge >= 0.3 is 5.97 Å². The summed E-state index contributed by atoms with van der Waals surface area (Å²) in [5, 5.41) is 11.3. The van der Waals surface area contributed by atoms with Gasteiger partial charge in [0.2, 0.25) is 0 Å². The van der Waals surface area contributed by atoms with E-state index in [2.05, 4.69) is 21.2 Å². The maximum Gasteiger partial charge on any atom is 0.308 e. The molecule has 2 N–H and O–H groups in total. The Kier molecular flexibility index (Phi) is 6.44. The van der Waals surface area contributed by atoms with E-state index in [-0.39, 0.29) is 18.9 Å². The van der Waals surface area contributed by atoms with Crippen molar-refractivity contribution in [1.29, 1.82) is 0 Å². The molecule has 0 spiro atoms. The third kappa shape index (κ3) is 5.16. The lowest BCUT2D eigenvalue weighted by Crippen LogP contribution is -2.35. The molecule has 0 aliphatic rings. The van der Waals surface area contributed by atoms with Crippen molar-refractivity contribution in [3.63, 3.8) is 0 Å². The van der Waals surface area contributed by atoms with Crippen LogP contribution in [0.1, 0.15) is 13.3 Å². The molecule has 0 saturated heterocycles. The number of carboxylic acid groups (broad SMARTS) is 1. The van der Waals surface area contributed by atoms with Crippen LogP contribution >= 0.6 is 15.9 Å². The van der Waals surface area contributed by atoms with Crippen molar-refractivity contribution in [1.82, 2.24) is 5.32 Å². The number of ether oxygens (including phenoxy) is 1. The summed E-state index contributed by atoms with van der Waals surface area (Å²) in [4.78, 5) is 22.2. The van der Waals surface area contributed by atoms with Gasteiger partial charge in [-0.15, -0.1) is 0 Å². The van der Waals surface area contributed by atoms with Crippen LogP contribution in [-0.2, 0) is 9.59 Å². The van der Waals surface area contributed by atoms with E-state index in [1.165, 1.54) is 12.1 Å². The normalized spacial score (nSPS) is 11.8. The summed E-state index contributed by atoms with van der Waals surface area (Å²) in [7, 11) is 0. The molecule has 0 bridgehead atoms. The van der Waals surface area contributed by atoms with Crippen LogP contribution < -0.4 is 10.1 Å². The second-order valence-electron chi connectivity index (χ2n) is 4.11. The number of benzene rings is 1. The van der Waals surface area contributed by atoms with E-state index in [0.29, 0.717) is 10.9 Å². The fourth-order valence-electron chi connectivity index (χ4n) is 1.43. The zero-order chi connectivity index (χ0) is 15.1. The third-order valence-corrected chi connectivity index (χ3v) is 3.13. The number of halogens is 2. The maximum atomic E-state index is 13.4. The highest BCUT2D eigenvalue weighted by atomic mass is 79.9. The molecule has 110 valence electrons. The quantitative estimate of drug-likeness (QED) is 0.792. The molecule has 0 radical (unpaired) electrons. The van der Waals surface area contributed by atoms with E-state index < -0.39 is 23.6 Å². The van der Waals surface area contributed by atoms with Crippen LogP contribution in [0, 0.1) is 11.7 Å². The van der Waals surface area contributed by atoms with E-state index in [4.69, 9.17) is 9.84 Å². The summed E-state index contributed by atoms with van der Waals surface area (Å²) < 4.78 is 19.0. The number of hydrogen-bond donors (Lipinski definition) is 2. The van der Waals surface area contributed by atoms with Gasteiger partial charge in [-0.05, 0) is 24.6 Å². The Morgan fingerprint density at radius 1 is 1.50 bits per heavy atom. The molecular weight excluding hydrogens is 333 g/mol. The van der Waals surface area contributed by atoms with E-state index in [1.807, 2.05) is 0 Å². The molecule has 0 aliphatic heterocycles. The topological polar surface area (TPSA) is 75.6 Å². The zero-order valence-corrected chi connectivity index (χ0v) is 12.4. The van der Waals surface area contributed by atoms with Crippen molar-refractivity contribution in [2.45, 2.75) is 13.3 Å². The van der Waals surface area contributed by atoms with Gasteiger partial charge in [0.25, 0.3) is 5.91 Å². The summed E-state index contributed by atoms with van der Waals surface area (Å²) in [6.07, 6.45) is 0.414. The smallest absolute Gasteiger partial charge is 0.308 e. The van der Waals surface area contributed by atoms with Gasteiger partial charge in [0, 0.05) is 11.0 Å². The Morgan fingerprint density at radius 2 is 2.20 bits per heavy atom. The Hall–Kier alpha value is -1.63. The van der Waals surface area contributed by atoms with Gasteiger partial charge in [-0.25, -0.2) is 4.39 Å². The van der Waals surface area contributed by atoms with Crippen LogP contribution in [0.25, 0.3) is 0 Å². The van der Waals surface area contributed by atoms with Crippen LogP contribution in [0.5, 0.6) is 5.75 Å². The first-order valence-electron chi connectivity index (χ1n) is 6.01. The number of nitrogens with one attached hydrogen (secondary N) is 1. The molecule has 0 aliphatic carbocycles. The van der Waals surface area contributed by atoms with Gasteiger partial charge < -0.3 is 15.2 Å². The maximum absolute atomic E-state index is 13.4. The lowest BCUT2D eigenvalue weighted by molar-refractivity contribution is -0.141. The highest BCUT2D eigenvalue weighted by Gasteiger charge is 2.16. The molecule has 1 aromatic rings. The number of amides is 1. The molecule has 1 rings (SSSR count). The Bertz CT molecular complexity index is 495. The van der Waals surface area contributed by atoms with Crippen LogP contribution in [-0.4, -0.2) is 30.1 Å². The summed E-state index contributed by atoms with van der Waals surface area (Å²) in [6, 6.07) is 4.22. The highest BCUT2D eigenvalue weighted by molar-refractivity contribution is 9.10. The fourth-order valence-corrected chi connectivity index (χ4v) is 1.76. The summed E-state index contributed by atoms with van der Waals surface area (Å²) >= 11 is 3.11. The Balaban J connectivity index is 2.41. The van der Waals surface area contributed by atoms with E-state index in [0.717, 1.165) is 0 Å². The first-order chi connectivity index (χ1) is 9.43. The molecule has 0 heterocycles. The van der Waals surface area contributed by atoms with Gasteiger partial charge in [0.15, 0.2) is 18.2 Å². The number of carbonyl (C=O) groups is 2. The number of carbonyl (C=O) groups excluding carboxylic acids is 1. The Morgan fingerprint density at radius 3 is 2.75 bits per heavy atom. The van der Waals surface area contributed by atoms with Gasteiger partial charge in [-0.2, -0.15) is 0 Å². The molecule has 1 aromatic carbocycles. The molecule has 7 heteroatoms. The largest absolute Gasteiger partial charge is 0.481 e. The second kappa shape index (κ2) is 7.84. The number of hydrogen-bond acceptors (Lipinski definition) is 3. The molecule has 5 nitrogen and oxygen atoms in total. The molecule has 0 fully saturated rings. The summed E-state index contributed by atoms with van der Waals surface area (Å²) in [6.45, 7) is 1.38. The lowest BCUT2D eigenvalue weighted by Gasteiger charge is -2.12. The van der Waals surface area contributed by atoms with Crippen molar-refractivity contribution in [3.8, 4) is 5.75 Å². The van der Waals surface area contributed by atoms with Gasteiger partial charge in [-0.1, -0.05) is 22.9 Å². The van der Waals surface area contributed by atoms with Crippen molar-refractivity contribution in [2.24, 2.45) is 5.92 Å². The predicted octanol–water partition coefficient (Wildman–Crippen LogP) is 2.19. The van der Waals surface area contributed by atoms with E-state index in [9.17, 15) is 14.0 Å². The van der Waals surface area contributed by atoms with Crippen LogP contribution in [0.15, 0.2) is 22.7 Å². The molecular formula is C13H15BrFNO4. The zero-order valence-electron chi connectivity index (χ0n) is 10.9. The van der Waals surface area contributed by atoms with E-state index >= 15 is 0 Å². The lowest BCUT2D eigenvalue weighted by atomic mass is 10.1. The van der Waals surface area contributed by atoms with E-state index in [1.54, 1.807) is 13.0 Å².